The van der Waals surface area contributed by atoms with E-state index >= 15 is 0 Å². The maximum absolute atomic E-state index is 12.9. The van der Waals surface area contributed by atoms with Crippen LogP contribution in [0.3, 0.4) is 0 Å². The molecule has 0 aromatic heterocycles. The predicted molar refractivity (Wildman–Crippen MR) is 99.9 cm³/mol. The number of rotatable bonds is 4. The van der Waals surface area contributed by atoms with Crippen LogP contribution in [0.5, 0.6) is 5.75 Å². The number of amides is 1. The van der Waals surface area contributed by atoms with Gasteiger partial charge in [-0.1, -0.05) is 13.3 Å². The van der Waals surface area contributed by atoms with Gasteiger partial charge in [0.1, 0.15) is 11.4 Å². The summed E-state index contributed by atoms with van der Waals surface area (Å²) in [6.45, 7) is 7.92. The number of benzene rings is 1. The predicted octanol–water partition coefficient (Wildman–Crippen LogP) is 3.59. The van der Waals surface area contributed by atoms with Crippen LogP contribution in [-0.4, -0.2) is 48.5 Å². The fourth-order valence-electron chi connectivity index (χ4n) is 3.36. The van der Waals surface area contributed by atoms with Gasteiger partial charge in [0.2, 0.25) is 0 Å². The number of carbonyl (C=O) groups is 1. The number of likely N-dealkylation sites (tertiary alicyclic amines) is 1. The van der Waals surface area contributed by atoms with E-state index in [2.05, 4.69) is 0 Å². The van der Waals surface area contributed by atoms with Crippen LogP contribution >= 0.6 is 0 Å². The zero-order valence-electron chi connectivity index (χ0n) is 15.9. The normalized spacial score (nSPS) is 21.5. The van der Waals surface area contributed by atoms with E-state index in [-0.39, 0.29) is 22.3 Å². The van der Waals surface area contributed by atoms with Gasteiger partial charge in [-0.15, -0.1) is 0 Å². The number of sulfone groups is 1. The van der Waals surface area contributed by atoms with Gasteiger partial charge in [-0.3, -0.25) is 0 Å². The topological polar surface area (TPSA) is 83.9 Å². The standard InChI is InChI=1S/C19H29NO5S/c1-5-14-7-6-12-20(18(22)25-19(2,3)4)17(14)13-26(23,24)16-10-8-15(21)9-11-16/h8-11,14,17,21H,5-7,12-13H2,1-4H3/t14-,17?/m0/s1. The molecule has 1 unspecified atom stereocenters. The Bertz CT molecular complexity index is 721. The van der Waals surface area contributed by atoms with E-state index in [1.807, 2.05) is 6.92 Å². The third-order valence-corrected chi connectivity index (χ3v) is 6.43. The first kappa shape index (κ1) is 20.6. The summed E-state index contributed by atoms with van der Waals surface area (Å²) in [4.78, 5) is 14.4. The second kappa shape index (κ2) is 7.86. The number of ether oxygens (including phenoxy) is 1. The molecule has 1 aromatic carbocycles. The maximum Gasteiger partial charge on any atom is 0.410 e. The summed E-state index contributed by atoms with van der Waals surface area (Å²) in [5, 5.41) is 9.38. The molecule has 0 aliphatic carbocycles. The van der Waals surface area contributed by atoms with Crippen molar-refractivity contribution in [2.75, 3.05) is 12.3 Å². The van der Waals surface area contributed by atoms with Gasteiger partial charge in [-0.25, -0.2) is 13.2 Å². The zero-order valence-corrected chi connectivity index (χ0v) is 16.8. The largest absolute Gasteiger partial charge is 0.508 e. The molecule has 1 fully saturated rings. The molecule has 7 heteroatoms. The molecular weight excluding hydrogens is 354 g/mol. The van der Waals surface area contributed by atoms with Crippen LogP contribution in [0.25, 0.3) is 0 Å². The summed E-state index contributed by atoms with van der Waals surface area (Å²) in [5.41, 5.74) is -0.628. The van der Waals surface area contributed by atoms with Crippen molar-refractivity contribution in [2.24, 2.45) is 5.92 Å². The quantitative estimate of drug-likeness (QED) is 0.859. The van der Waals surface area contributed by atoms with Gasteiger partial charge in [-0.2, -0.15) is 0 Å². The molecule has 1 amide bonds. The number of hydrogen-bond acceptors (Lipinski definition) is 5. The number of nitrogens with zero attached hydrogens (tertiary/aromatic N) is 1. The first-order valence-electron chi connectivity index (χ1n) is 9.05. The molecule has 2 rings (SSSR count). The molecule has 1 aliphatic rings. The SMILES string of the molecule is CC[C@H]1CCCN(C(=O)OC(C)(C)C)C1CS(=O)(=O)c1ccc(O)cc1. The monoisotopic (exact) mass is 383 g/mol. The van der Waals surface area contributed by atoms with Crippen molar-refractivity contribution in [3.05, 3.63) is 24.3 Å². The molecule has 1 aliphatic heterocycles. The molecule has 6 nitrogen and oxygen atoms in total. The summed E-state index contributed by atoms with van der Waals surface area (Å²) < 4.78 is 31.2. The Hall–Kier alpha value is -1.76. The van der Waals surface area contributed by atoms with Crippen molar-refractivity contribution < 1.29 is 23.1 Å². The number of piperidine rings is 1. The van der Waals surface area contributed by atoms with Gasteiger partial charge in [0.25, 0.3) is 0 Å². The van der Waals surface area contributed by atoms with Crippen LogP contribution in [0.1, 0.15) is 47.0 Å². The number of carbonyl (C=O) groups excluding carboxylic acids is 1. The summed E-state index contributed by atoms with van der Waals surface area (Å²) >= 11 is 0. The Balaban J connectivity index is 2.27. The Morgan fingerprint density at radius 3 is 2.42 bits per heavy atom. The van der Waals surface area contributed by atoms with Crippen molar-refractivity contribution >= 4 is 15.9 Å². The summed E-state index contributed by atoms with van der Waals surface area (Å²) in [5.74, 6) is -0.0122. The lowest BCUT2D eigenvalue weighted by Gasteiger charge is -2.41. The lowest BCUT2D eigenvalue weighted by atomic mass is 9.88. The molecule has 2 atom stereocenters. The molecule has 1 heterocycles. The fraction of sp³-hybridized carbons (Fsp3) is 0.632. The van der Waals surface area contributed by atoms with Gasteiger partial charge >= 0.3 is 6.09 Å². The third kappa shape index (κ3) is 5.13. The molecular formula is C19H29NO5S. The molecule has 0 saturated carbocycles. The van der Waals surface area contributed by atoms with Crippen LogP contribution in [0.2, 0.25) is 0 Å². The third-order valence-electron chi connectivity index (χ3n) is 4.66. The molecule has 1 N–H and O–H groups in total. The molecule has 0 radical (unpaired) electrons. The highest BCUT2D eigenvalue weighted by Gasteiger charge is 2.38. The lowest BCUT2D eigenvalue weighted by Crippen LogP contribution is -2.52. The first-order chi connectivity index (χ1) is 12.0. The Kier molecular flexibility index (Phi) is 6.21. The first-order valence-corrected chi connectivity index (χ1v) is 10.7. The van der Waals surface area contributed by atoms with Crippen molar-refractivity contribution in [3.8, 4) is 5.75 Å². The Morgan fingerprint density at radius 2 is 1.88 bits per heavy atom. The number of phenolic OH excluding ortho intramolecular Hbond substituents is 1. The van der Waals surface area contributed by atoms with E-state index < -0.39 is 27.6 Å². The minimum absolute atomic E-state index is 0.0171. The van der Waals surface area contributed by atoms with Crippen LogP contribution in [0, 0.1) is 5.92 Å². The van der Waals surface area contributed by atoms with Crippen molar-refractivity contribution in [3.63, 3.8) is 0 Å². The van der Waals surface area contributed by atoms with Gasteiger partial charge in [0.05, 0.1) is 16.7 Å². The molecule has 26 heavy (non-hydrogen) atoms. The summed E-state index contributed by atoms with van der Waals surface area (Å²) in [7, 11) is -3.59. The van der Waals surface area contributed by atoms with Gasteiger partial charge in [0, 0.05) is 6.54 Å². The van der Waals surface area contributed by atoms with Crippen LogP contribution < -0.4 is 0 Å². The number of phenols is 1. The average Bonchev–Trinajstić information content (AvgIpc) is 2.53. The van der Waals surface area contributed by atoms with Crippen LogP contribution in [-0.2, 0) is 14.6 Å². The highest BCUT2D eigenvalue weighted by molar-refractivity contribution is 7.91. The highest BCUT2D eigenvalue weighted by atomic mass is 32.2. The second-order valence-electron chi connectivity index (χ2n) is 7.83. The minimum Gasteiger partial charge on any atom is -0.508 e. The zero-order chi connectivity index (χ0) is 19.5. The minimum atomic E-state index is -3.59. The van der Waals surface area contributed by atoms with Gasteiger partial charge in [-0.05, 0) is 63.8 Å². The van der Waals surface area contributed by atoms with E-state index in [0.717, 1.165) is 19.3 Å². The number of hydrogen-bond donors (Lipinski definition) is 1. The van der Waals surface area contributed by atoms with E-state index in [4.69, 9.17) is 4.74 Å². The summed E-state index contributed by atoms with van der Waals surface area (Å²) in [6, 6.07) is 5.09. The Labute approximate surface area is 156 Å². The van der Waals surface area contributed by atoms with Crippen LogP contribution in [0.4, 0.5) is 4.79 Å². The molecule has 1 saturated heterocycles. The lowest BCUT2D eigenvalue weighted by molar-refractivity contribution is 0.00330. The summed E-state index contributed by atoms with van der Waals surface area (Å²) in [6.07, 6.45) is 2.08. The second-order valence-corrected chi connectivity index (χ2v) is 9.86. The van der Waals surface area contributed by atoms with E-state index in [9.17, 15) is 18.3 Å². The Morgan fingerprint density at radius 1 is 1.27 bits per heavy atom. The smallest absolute Gasteiger partial charge is 0.410 e. The highest BCUT2D eigenvalue weighted by Crippen LogP contribution is 2.30. The molecule has 0 spiro atoms. The molecule has 1 aromatic rings. The van der Waals surface area contributed by atoms with Crippen LogP contribution in [0.15, 0.2) is 29.2 Å². The molecule has 0 bridgehead atoms. The maximum atomic E-state index is 12.9. The fourth-order valence-corrected chi connectivity index (χ4v) is 5.01. The van der Waals surface area contributed by atoms with Gasteiger partial charge in [0.15, 0.2) is 9.84 Å². The van der Waals surface area contributed by atoms with E-state index in [0.29, 0.717) is 6.54 Å². The van der Waals surface area contributed by atoms with Crippen molar-refractivity contribution in [1.29, 1.82) is 0 Å². The van der Waals surface area contributed by atoms with Gasteiger partial charge < -0.3 is 14.7 Å². The van der Waals surface area contributed by atoms with Crippen molar-refractivity contribution in [1.82, 2.24) is 4.90 Å². The van der Waals surface area contributed by atoms with E-state index in [1.54, 1.807) is 25.7 Å². The number of aromatic hydroxyl groups is 1. The van der Waals surface area contributed by atoms with E-state index in [1.165, 1.54) is 24.3 Å². The van der Waals surface area contributed by atoms with Crippen molar-refractivity contribution in [2.45, 2.75) is 63.5 Å². The average molecular weight is 384 g/mol. The molecule has 146 valence electrons.